The number of carbonyl (C=O) groups excluding carboxylic acids is 1. The van der Waals surface area contributed by atoms with Crippen LogP contribution in [0.5, 0.6) is 5.88 Å². The number of nitrogens with zero attached hydrogens (tertiary/aromatic N) is 2. The van der Waals surface area contributed by atoms with E-state index in [4.69, 9.17) is 9.47 Å². The summed E-state index contributed by atoms with van der Waals surface area (Å²) in [6, 6.07) is 11.6. The van der Waals surface area contributed by atoms with Gasteiger partial charge in [0.1, 0.15) is 6.61 Å². The minimum Gasteiger partial charge on any atom is -0.472 e. The molecular weight excluding hydrogens is 268 g/mol. The number of hydrogen-bond acceptors (Lipinski definition) is 4. The van der Waals surface area contributed by atoms with Gasteiger partial charge in [-0.25, -0.2) is 4.79 Å². The Bertz CT molecular complexity index is 618. The average Bonchev–Trinajstić information content (AvgIpc) is 2.85. The molecule has 0 unspecified atom stereocenters. The van der Waals surface area contributed by atoms with E-state index >= 15 is 0 Å². The lowest BCUT2D eigenvalue weighted by molar-refractivity contribution is -0.137. The fourth-order valence-electron chi connectivity index (χ4n) is 1.76. The molecule has 0 fully saturated rings. The number of hydrogen-bond donors (Lipinski definition) is 0. The molecule has 0 saturated heterocycles. The quantitative estimate of drug-likeness (QED) is 0.605. The van der Waals surface area contributed by atoms with Crippen LogP contribution in [0, 0.1) is 0 Å². The van der Waals surface area contributed by atoms with Crippen LogP contribution in [-0.4, -0.2) is 22.4 Å². The van der Waals surface area contributed by atoms with Crippen LogP contribution in [0.15, 0.2) is 42.5 Å². The number of ether oxygens (including phenoxy) is 2. The van der Waals surface area contributed by atoms with Gasteiger partial charge in [-0.3, -0.25) is 4.68 Å². The maximum atomic E-state index is 11.3. The molecule has 0 atom stereocenters. The molecule has 0 aliphatic carbocycles. The first-order valence-electron chi connectivity index (χ1n) is 6.74. The second-order valence-electron chi connectivity index (χ2n) is 4.39. The highest BCUT2D eigenvalue weighted by atomic mass is 16.5. The van der Waals surface area contributed by atoms with Gasteiger partial charge in [0.15, 0.2) is 0 Å². The van der Waals surface area contributed by atoms with Gasteiger partial charge in [0, 0.05) is 19.2 Å². The van der Waals surface area contributed by atoms with E-state index in [1.807, 2.05) is 30.3 Å². The van der Waals surface area contributed by atoms with Crippen molar-refractivity contribution in [2.24, 2.45) is 7.05 Å². The van der Waals surface area contributed by atoms with Gasteiger partial charge in [0.05, 0.1) is 12.3 Å². The lowest BCUT2D eigenvalue weighted by Gasteiger charge is -2.01. The second kappa shape index (κ2) is 7.28. The van der Waals surface area contributed by atoms with Gasteiger partial charge in [-0.15, -0.1) is 5.10 Å². The highest BCUT2D eigenvalue weighted by molar-refractivity contribution is 5.86. The largest absolute Gasteiger partial charge is 0.472 e. The molecule has 0 aliphatic rings. The van der Waals surface area contributed by atoms with Gasteiger partial charge in [-0.1, -0.05) is 30.3 Å². The third-order valence-electron chi connectivity index (χ3n) is 2.80. The molecule has 2 rings (SSSR count). The van der Waals surface area contributed by atoms with Gasteiger partial charge < -0.3 is 9.47 Å². The monoisotopic (exact) mass is 286 g/mol. The van der Waals surface area contributed by atoms with Crippen molar-refractivity contribution in [3.05, 3.63) is 53.7 Å². The van der Waals surface area contributed by atoms with Crippen LogP contribution in [0.3, 0.4) is 0 Å². The van der Waals surface area contributed by atoms with E-state index in [2.05, 4.69) is 5.10 Å². The second-order valence-corrected chi connectivity index (χ2v) is 4.39. The van der Waals surface area contributed by atoms with Crippen molar-refractivity contribution in [2.75, 3.05) is 6.61 Å². The van der Waals surface area contributed by atoms with Crippen LogP contribution in [-0.2, 0) is 23.2 Å². The van der Waals surface area contributed by atoms with Gasteiger partial charge in [-0.05, 0) is 18.6 Å². The molecule has 5 heteroatoms. The topological polar surface area (TPSA) is 53.4 Å². The van der Waals surface area contributed by atoms with Crippen molar-refractivity contribution in [3.63, 3.8) is 0 Å². The highest BCUT2D eigenvalue weighted by Gasteiger charge is 2.04. The highest BCUT2D eigenvalue weighted by Crippen LogP contribution is 2.14. The number of rotatable bonds is 6. The summed E-state index contributed by atoms with van der Waals surface area (Å²) in [5.74, 6) is 0.148. The first kappa shape index (κ1) is 14.8. The Labute approximate surface area is 123 Å². The minimum atomic E-state index is -0.370. The minimum absolute atomic E-state index is 0.361. The molecule has 0 amide bonds. The molecule has 0 saturated carbocycles. The summed E-state index contributed by atoms with van der Waals surface area (Å²) in [5.41, 5.74) is 1.85. The van der Waals surface area contributed by atoms with Crippen molar-refractivity contribution in [1.82, 2.24) is 9.78 Å². The molecule has 0 aliphatic heterocycles. The van der Waals surface area contributed by atoms with Crippen molar-refractivity contribution < 1.29 is 14.3 Å². The standard InChI is InChI=1S/C16H18N2O3/c1-3-20-16(19)10-9-14-11-15(17-18(14)2)21-12-13-7-5-4-6-8-13/h4-11H,3,12H2,1-2H3/b10-9+. The Kier molecular flexibility index (Phi) is 5.15. The maximum Gasteiger partial charge on any atom is 0.330 e. The molecular formula is C16H18N2O3. The maximum absolute atomic E-state index is 11.3. The average molecular weight is 286 g/mol. The summed E-state index contributed by atoms with van der Waals surface area (Å²) in [7, 11) is 1.79. The Hall–Kier alpha value is -2.56. The van der Waals surface area contributed by atoms with Crippen LogP contribution in [0.25, 0.3) is 6.08 Å². The molecule has 1 aromatic heterocycles. The number of aryl methyl sites for hydroxylation is 1. The molecule has 0 radical (unpaired) electrons. The summed E-state index contributed by atoms with van der Waals surface area (Å²) >= 11 is 0. The van der Waals surface area contributed by atoms with E-state index in [1.165, 1.54) is 6.08 Å². The third kappa shape index (κ3) is 4.49. The van der Waals surface area contributed by atoms with E-state index in [0.29, 0.717) is 19.1 Å². The molecule has 21 heavy (non-hydrogen) atoms. The van der Waals surface area contributed by atoms with E-state index in [1.54, 1.807) is 30.8 Å². The first-order valence-corrected chi connectivity index (χ1v) is 6.74. The zero-order valence-corrected chi connectivity index (χ0v) is 12.2. The molecule has 0 spiro atoms. The lowest BCUT2D eigenvalue weighted by Crippen LogP contribution is -1.99. The van der Waals surface area contributed by atoms with Crippen LogP contribution in [0.4, 0.5) is 0 Å². The van der Waals surface area contributed by atoms with Crippen LogP contribution in [0.1, 0.15) is 18.2 Å². The summed E-state index contributed by atoms with van der Waals surface area (Å²) in [4.78, 5) is 11.3. The SMILES string of the molecule is CCOC(=O)/C=C/c1cc(OCc2ccccc2)nn1C. The molecule has 5 nitrogen and oxygen atoms in total. The summed E-state index contributed by atoms with van der Waals surface area (Å²) in [6.45, 7) is 2.59. The third-order valence-corrected chi connectivity index (χ3v) is 2.80. The Morgan fingerprint density at radius 3 is 2.81 bits per heavy atom. The van der Waals surface area contributed by atoms with Crippen molar-refractivity contribution in [2.45, 2.75) is 13.5 Å². The number of carbonyl (C=O) groups is 1. The van der Waals surface area contributed by atoms with Crippen LogP contribution >= 0.6 is 0 Å². The number of esters is 1. The first-order chi connectivity index (χ1) is 10.2. The Morgan fingerprint density at radius 1 is 1.33 bits per heavy atom. The number of benzene rings is 1. The number of aromatic nitrogens is 2. The van der Waals surface area contributed by atoms with Gasteiger partial charge in [0.2, 0.25) is 5.88 Å². The van der Waals surface area contributed by atoms with Crippen molar-refractivity contribution in [3.8, 4) is 5.88 Å². The smallest absolute Gasteiger partial charge is 0.330 e. The van der Waals surface area contributed by atoms with Crippen molar-refractivity contribution in [1.29, 1.82) is 0 Å². The Balaban J connectivity index is 1.97. The Morgan fingerprint density at radius 2 is 2.10 bits per heavy atom. The molecule has 0 N–H and O–H groups in total. The van der Waals surface area contributed by atoms with E-state index in [-0.39, 0.29) is 5.97 Å². The van der Waals surface area contributed by atoms with Gasteiger partial charge in [-0.2, -0.15) is 0 Å². The van der Waals surface area contributed by atoms with Gasteiger partial charge in [0.25, 0.3) is 0 Å². The summed E-state index contributed by atoms with van der Waals surface area (Å²) < 4.78 is 12.1. The predicted octanol–water partition coefficient (Wildman–Crippen LogP) is 2.58. The van der Waals surface area contributed by atoms with E-state index in [9.17, 15) is 4.79 Å². The molecule has 1 heterocycles. The van der Waals surface area contributed by atoms with Crippen LogP contribution in [0.2, 0.25) is 0 Å². The molecule has 1 aromatic carbocycles. The zero-order chi connectivity index (χ0) is 15.1. The normalized spacial score (nSPS) is 10.8. The predicted molar refractivity (Wildman–Crippen MR) is 79.6 cm³/mol. The summed E-state index contributed by atoms with van der Waals surface area (Å²) in [6.07, 6.45) is 3.03. The van der Waals surface area contributed by atoms with E-state index < -0.39 is 0 Å². The van der Waals surface area contributed by atoms with Gasteiger partial charge >= 0.3 is 5.97 Å². The molecule has 2 aromatic rings. The summed E-state index contributed by atoms with van der Waals surface area (Å²) in [5, 5.41) is 4.24. The zero-order valence-electron chi connectivity index (χ0n) is 12.2. The molecule has 0 bridgehead atoms. The van der Waals surface area contributed by atoms with E-state index in [0.717, 1.165) is 11.3 Å². The fraction of sp³-hybridized carbons (Fsp3) is 0.250. The van der Waals surface area contributed by atoms with Crippen LogP contribution < -0.4 is 4.74 Å². The fourth-order valence-corrected chi connectivity index (χ4v) is 1.76. The molecule has 110 valence electrons. The van der Waals surface area contributed by atoms with Crippen molar-refractivity contribution >= 4 is 12.0 Å². The lowest BCUT2D eigenvalue weighted by atomic mass is 10.2.